The molecule has 2 rings (SSSR count). The molecular formula is C17H30O2. The molecule has 2 heteroatoms. The van der Waals surface area contributed by atoms with Crippen molar-refractivity contribution in [3.8, 4) is 0 Å². The SMILES string of the molecule is CCCCCCCC(=O)C1CCOC2(CCCC2)C1. The van der Waals surface area contributed by atoms with Gasteiger partial charge in [-0.15, -0.1) is 0 Å². The Labute approximate surface area is 118 Å². The summed E-state index contributed by atoms with van der Waals surface area (Å²) < 4.78 is 6.01. The predicted octanol–water partition coefficient (Wildman–Crippen LogP) is 4.66. The maximum absolute atomic E-state index is 12.3. The largest absolute Gasteiger partial charge is 0.375 e. The third kappa shape index (κ3) is 4.30. The Hall–Kier alpha value is -0.370. The van der Waals surface area contributed by atoms with Crippen LogP contribution in [0.5, 0.6) is 0 Å². The fourth-order valence-corrected chi connectivity index (χ4v) is 3.78. The minimum Gasteiger partial charge on any atom is -0.375 e. The zero-order chi connectivity index (χ0) is 13.6. The monoisotopic (exact) mass is 266 g/mol. The maximum atomic E-state index is 12.3. The Morgan fingerprint density at radius 2 is 1.89 bits per heavy atom. The lowest BCUT2D eigenvalue weighted by Crippen LogP contribution is -2.39. The second-order valence-electron chi connectivity index (χ2n) is 6.56. The summed E-state index contributed by atoms with van der Waals surface area (Å²) in [6.07, 6.45) is 14.0. The third-order valence-corrected chi connectivity index (χ3v) is 4.99. The van der Waals surface area contributed by atoms with E-state index in [0.29, 0.717) is 11.7 Å². The minimum absolute atomic E-state index is 0.0980. The number of Topliss-reactive ketones (excluding diaryl/α,β-unsaturated/α-hetero) is 1. The quantitative estimate of drug-likeness (QED) is 0.627. The van der Waals surface area contributed by atoms with E-state index in [1.54, 1.807) is 0 Å². The highest BCUT2D eigenvalue weighted by molar-refractivity contribution is 5.81. The van der Waals surface area contributed by atoms with Gasteiger partial charge < -0.3 is 4.74 Å². The van der Waals surface area contributed by atoms with Gasteiger partial charge in [0.2, 0.25) is 0 Å². The van der Waals surface area contributed by atoms with Crippen molar-refractivity contribution in [3.05, 3.63) is 0 Å². The van der Waals surface area contributed by atoms with Crippen LogP contribution in [0, 0.1) is 5.92 Å². The predicted molar refractivity (Wildman–Crippen MR) is 78.3 cm³/mol. The van der Waals surface area contributed by atoms with Crippen molar-refractivity contribution in [2.24, 2.45) is 5.92 Å². The number of rotatable bonds is 7. The van der Waals surface area contributed by atoms with Crippen LogP contribution >= 0.6 is 0 Å². The molecule has 2 aliphatic rings. The van der Waals surface area contributed by atoms with Crippen molar-refractivity contribution in [3.63, 3.8) is 0 Å². The van der Waals surface area contributed by atoms with Crippen molar-refractivity contribution in [1.29, 1.82) is 0 Å². The number of hydrogen-bond donors (Lipinski definition) is 0. The fraction of sp³-hybridized carbons (Fsp3) is 0.941. The van der Waals surface area contributed by atoms with E-state index in [9.17, 15) is 4.79 Å². The van der Waals surface area contributed by atoms with Crippen LogP contribution in [0.15, 0.2) is 0 Å². The van der Waals surface area contributed by atoms with E-state index in [1.807, 2.05) is 0 Å². The first-order valence-electron chi connectivity index (χ1n) is 8.42. The van der Waals surface area contributed by atoms with Gasteiger partial charge in [-0.2, -0.15) is 0 Å². The molecule has 2 nitrogen and oxygen atoms in total. The first kappa shape index (κ1) is 15.0. The Morgan fingerprint density at radius 3 is 2.63 bits per heavy atom. The highest BCUT2D eigenvalue weighted by Gasteiger charge is 2.41. The molecule has 19 heavy (non-hydrogen) atoms. The molecule has 1 saturated carbocycles. The summed E-state index contributed by atoms with van der Waals surface area (Å²) >= 11 is 0. The highest BCUT2D eigenvalue weighted by Crippen LogP contribution is 2.42. The topological polar surface area (TPSA) is 26.3 Å². The smallest absolute Gasteiger partial charge is 0.136 e. The van der Waals surface area contributed by atoms with Crippen molar-refractivity contribution in [1.82, 2.24) is 0 Å². The van der Waals surface area contributed by atoms with Gasteiger partial charge in [-0.25, -0.2) is 0 Å². The van der Waals surface area contributed by atoms with Crippen LogP contribution in [0.4, 0.5) is 0 Å². The molecular weight excluding hydrogens is 236 g/mol. The number of unbranched alkanes of at least 4 members (excludes halogenated alkanes) is 4. The Kier molecular flexibility index (Phi) is 5.87. The number of carbonyl (C=O) groups excluding carboxylic acids is 1. The van der Waals surface area contributed by atoms with Gasteiger partial charge in [0.15, 0.2) is 0 Å². The van der Waals surface area contributed by atoms with Crippen LogP contribution in [-0.2, 0) is 9.53 Å². The molecule has 1 saturated heterocycles. The van der Waals surface area contributed by atoms with Gasteiger partial charge in [-0.05, 0) is 32.1 Å². The summed E-state index contributed by atoms with van der Waals surface area (Å²) in [4.78, 5) is 12.3. The molecule has 0 aromatic rings. The molecule has 0 aromatic heterocycles. The minimum atomic E-state index is 0.0980. The van der Waals surface area contributed by atoms with Crippen LogP contribution in [-0.4, -0.2) is 18.0 Å². The standard InChI is InChI=1S/C17H30O2/c1-2-3-4-5-6-9-16(18)15-10-13-19-17(14-15)11-7-8-12-17/h15H,2-14H2,1H3. The number of carbonyl (C=O) groups is 1. The van der Waals surface area contributed by atoms with Gasteiger partial charge in [0.1, 0.15) is 5.78 Å². The molecule has 1 atom stereocenters. The van der Waals surface area contributed by atoms with Crippen LogP contribution in [0.25, 0.3) is 0 Å². The first-order valence-corrected chi connectivity index (χ1v) is 8.42. The molecule has 2 fully saturated rings. The molecule has 110 valence electrons. The molecule has 0 radical (unpaired) electrons. The van der Waals surface area contributed by atoms with Gasteiger partial charge in [0.05, 0.1) is 5.60 Å². The molecule has 0 bridgehead atoms. The zero-order valence-corrected chi connectivity index (χ0v) is 12.6. The normalized spacial score (nSPS) is 25.8. The lowest BCUT2D eigenvalue weighted by atomic mass is 9.81. The molecule has 1 heterocycles. The average molecular weight is 266 g/mol. The molecule has 1 aliphatic heterocycles. The summed E-state index contributed by atoms with van der Waals surface area (Å²) in [7, 11) is 0. The number of ether oxygens (including phenoxy) is 1. The van der Waals surface area contributed by atoms with Crippen LogP contribution in [0.3, 0.4) is 0 Å². The lowest BCUT2D eigenvalue weighted by molar-refractivity contribution is -0.136. The zero-order valence-electron chi connectivity index (χ0n) is 12.6. The van der Waals surface area contributed by atoms with Crippen LogP contribution in [0.1, 0.15) is 84.0 Å². The number of ketones is 1. The number of hydrogen-bond acceptors (Lipinski definition) is 2. The molecule has 0 amide bonds. The molecule has 0 aromatic carbocycles. The van der Waals surface area contributed by atoms with Crippen molar-refractivity contribution >= 4 is 5.78 Å². The van der Waals surface area contributed by atoms with Gasteiger partial charge in [-0.3, -0.25) is 4.79 Å². The van der Waals surface area contributed by atoms with E-state index in [4.69, 9.17) is 4.74 Å². The van der Waals surface area contributed by atoms with Gasteiger partial charge in [0, 0.05) is 18.9 Å². The Bertz CT molecular complexity index is 279. The fourth-order valence-electron chi connectivity index (χ4n) is 3.78. The van der Waals surface area contributed by atoms with E-state index in [0.717, 1.165) is 32.3 Å². The van der Waals surface area contributed by atoms with Crippen LogP contribution in [0.2, 0.25) is 0 Å². The van der Waals surface area contributed by atoms with E-state index >= 15 is 0 Å². The lowest BCUT2D eigenvalue weighted by Gasteiger charge is -2.37. The Morgan fingerprint density at radius 1 is 1.16 bits per heavy atom. The van der Waals surface area contributed by atoms with Gasteiger partial charge >= 0.3 is 0 Å². The van der Waals surface area contributed by atoms with Gasteiger partial charge in [-0.1, -0.05) is 45.4 Å². The van der Waals surface area contributed by atoms with Crippen LogP contribution < -0.4 is 0 Å². The summed E-state index contributed by atoms with van der Waals surface area (Å²) in [6.45, 7) is 3.04. The third-order valence-electron chi connectivity index (χ3n) is 4.99. The van der Waals surface area contributed by atoms with E-state index in [-0.39, 0.29) is 5.60 Å². The first-order chi connectivity index (χ1) is 9.26. The van der Waals surface area contributed by atoms with E-state index in [2.05, 4.69) is 6.92 Å². The second-order valence-corrected chi connectivity index (χ2v) is 6.56. The highest BCUT2D eigenvalue weighted by atomic mass is 16.5. The molecule has 1 spiro atoms. The summed E-state index contributed by atoms with van der Waals surface area (Å²) in [5.74, 6) is 0.823. The van der Waals surface area contributed by atoms with Gasteiger partial charge in [0.25, 0.3) is 0 Å². The summed E-state index contributed by atoms with van der Waals surface area (Å²) in [5.41, 5.74) is 0.0980. The molecule has 0 N–H and O–H groups in total. The molecule has 1 aliphatic carbocycles. The van der Waals surface area contributed by atoms with Crippen molar-refractivity contribution in [2.75, 3.05) is 6.61 Å². The van der Waals surface area contributed by atoms with Crippen molar-refractivity contribution < 1.29 is 9.53 Å². The Balaban J connectivity index is 1.70. The summed E-state index contributed by atoms with van der Waals surface area (Å²) in [5, 5.41) is 0. The second kappa shape index (κ2) is 7.42. The molecule has 1 unspecified atom stereocenters. The summed E-state index contributed by atoms with van der Waals surface area (Å²) in [6, 6.07) is 0. The van der Waals surface area contributed by atoms with E-state index in [1.165, 1.54) is 51.4 Å². The maximum Gasteiger partial charge on any atom is 0.136 e. The van der Waals surface area contributed by atoms with E-state index < -0.39 is 0 Å². The van der Waals surface area contributed by atoms with Crippen molar-refractivity contribution in [2.45, 2.75) is 89.6 Å². The average Bonchev–Trinajstić information content (AvgIpc) is 2.86.